The van der Waals surface area contributed by atoms with Crippen LogP contribution in [-0.2, 0) is 0 Å². The summed E-state index contributed by atoms with van der Waals surface area (Å²) in [6.07, 6.45) is 1.20. The SMILES string of the molecule is O=C(O)c1ccccc1N=CC(=O)c1c2ccccc2cc2ccccc12. The zero-order valence-electron chi connectivity index (χ0n) is 14.3. The van der Waals surface area contributed by atoms with Crippen LogP contribution in [0.15, 0.2) is 83.9 Å². The summed E-state index contributed by atoms with van der Waals surface area (Å²) in [6.45, 7) is 0. The van der Waals surface area contributed by atoms with Crippen LogP contribution in [0.3, 0.4) is 0 Å². The Bertz CT molecular complexity index is 1170. The number of para-hydroxylation sites is 1. The van der Waals surface area contributed by atoms with Crippen LogP contribution in [0.2, 0.25) is 0 Å². The number of Topliss-reactive ketones (excluding diaryl/α,β-unsaturated/α-hetero) is 1. The number of aliphatic imine (C=N–C) groups is 1. The largest absolute Gasteiger partial charge is 0.478 e. The Kier molecular flexibility index (Phi) is 4.22. The molecule has 0 saturated carbocycles. The molecule has 4 aromatic carbocycles. The molecule has 4 aromatic rings. The van der Waals surface area contributed by atoms with Crippen LogP contribution in [-0.4, -0.2) is 23.1 Å². The molecule has 1 N–H and O–H groups in total. The average molecular weight is 353 g/mol. The summed E-state index contributed by atoms with van der Waals surface area (Å²) in [4.78, 5) is 28.5. The first-order valence-corrected chi connectivity index (χ1v) is 8.46. The standard InChI is InChI=1S/C23H15NO3/c25-21(14-24-20-12-6-5-11-19(20)23(26)27)22-17-9-3-1-7-15(17)13-16-8-2-4-10-18(16)22/h1-14H,(H,26,27). The molecule has 0 saturated heterocycles. The van der Waals surface area contributed by atoms with E-state index >= 15 is 0 Å². The highest BCUT2D eigenvalue weighted by molar-refractivity contribution is 6.41. The molecule has 27 heavy (non-hydrogen) atoms. The summed E-state index contributed by atoms with van der Waals surface area (Å²) < 4.78 is 0. The predicted molar refractivity (Wildman–Crippen MR) is 107 cm³/mol. The van der Waals surface area contributed by atoms with Crippen LogP contribution in [0.5, 0.6) is 0 Å². The number of hydrogen-bond donors (Lipinski definition) is 1. The summed E-state index contributed by atoms with van der Waals surface area (Å²) in [6, 6.07) is 23.8. The number of carbonyl (C=O) groups is 2. The molecule has 0 aliphatic rings. The van der Waals surface area contributed by atoms with E-state index in [1.165, 1.54) is 12.3 Å². The van der Waals surface area contributed by atoms with E-state index < -0.39 is 5.97 Å². The van der Waals surface area contributed by atoms with Gasteiger partial charge in [0, 0.05) is 5.56 Å². The van der Waals surface area contributed by atoms with Gasteiger partial charge in [0.15, 0.2) is 0 Å². The molecule has 4 heteroatoms. The number of benzene rings is 4. The topological polar surface area (TPSA) is 66.7 Å². The molecule has 130 valence electrons. The minimum Gasteiger partial charge on any atom is -0.478 e. The Balaban J connectivity index is 1.86. The second-order valence-electron chi connectivity index (χ2n) is 6.14. The summed E-state index contributed by atoms with van der Waals surface area (Å²) >= 11 is 0. The molecular formula is C23H15NO3. The number of rotatable bonds is 4. The van der Waals surface area contributed by atoms with Crippen LogP contribution in [0.25, 0.3) is 21.5 Å². The lowest BCUT2D eigenvalue weighted by Gasteiger charge is -2.09. The van der Waals surface area contributed by atoms with E-state index in [-0.39, 0.29) is 17.0 Å². The number of fused-ring (bicyclic) bond motifs is 2. The Morgan fingerprint density at radius 1 is 0.778 bits per heavy atom. The van der Waals surface area contributed by atoms with Crippen LogP contribution in [0.1, 0.15) is 20.7 Å². The molecule has 4 rings (SSSR count). The molecule has 0 spiro atoms. The highest BCUT2D eigenvalue weighted by Crippen LogP contribution is 2.29. The van der Waals surface area contributed by atoms with Crippen LogP contribution >= 0.6 is 0 Å². The first kappa shape index (κ1) is 16.7. The molecule has 0 heterocycles. The molecule has 4 nitrogen and oxygen atoms in total. The van der Waals surface area contributed by atoms with Gasteiger partial charge >= 0.3 is 5.97 Å². The molecule has 0 atom stereocenters. The predicted octanol–water partition coefficient (Wildman–Crippen LogP) is 5.28. The third-order valence-corrected chi connectivity index (χ3v) is 4.47. The molecule has 0 amide bonds. The monoisotopic (exact) mass is 353 g/mol. The number of nitrogens with zero attached hydrogens (tertiary/aromatic N) is 1. The Hall–Kier alpha value is -3.79. The van der Waals surface area contributed by atoms with E-state index in [2.05, 4.69) is 11.1 Å². The highest BCUT2D eigenvalue weighted by atomic mass is 16.4. The first-order chi connectivity index (χ1) is 13.1. The van der Waals surface area contributed by atoms with E-state index in [0.717, 1.165) is 21.5 Å². The van der Waals surface area contributed by atoms with Crippen molar-refractivity contribution in [2.24, 2.45) is 4.99 Å². The lowest BCUT2D eigenvalue weighted by Crippen LogP contribution is -2.03. The van der Waals surface area contributed by atoms with Crippen LogP contribution in [0.4, 0.5) is 5.69 Å². The van der Waals surface area contributed by atoms with Gasteiger partial charge in [0.05, 0.1) is 17.5 Å². The van der Waals surface area contributed by atoms with E-state index in [4.69, 9.17) is 0 Å². The van der Waals surface area contributed by atoms with Crippen molar-refractivity contribution >= 4 is 45.2 Å². The van der Waals surface area contributed by atoms with Crippen molar-refractivity contribution < 1.29 is 14.7 Å². The van der Waals surface area contributed by atoms with Gasteiger partial charge in [0.25, 0.3) is 0 Å². The molecule has 0 radical (unpaired) electrons. The maximum atomic E-state index is 13.0. The number of aromatic carboxylic acids is 1. The maximum absolute atomic E-state index is 13.0. The second-order valence-corrected chi connectivity index (χ2v) is 6.14. The van der Waals surface area contributed by atoms with Gasteiger partial charge in [-0.05, 0) is 39.7 Å². The number of hydrogen-bond acceptors (Lipinski definition) is 3. The number of ketones is 1. The molecule has 0 aliphatic carbocycles. The van der Waals surface area contributed by atoms with Gasteiger partial charge < -0.3 is 5.11 Å². The maximum Gasteiger partial charge on any atom is 0.337 e. The van der Waals surface area contributed by atoms with Crippen molar-refractivity contribution in [3.05, 3.63) is 90.0 Å². The number of carboxylic acids is 1. The van der Waals surface area contributed by atoms with Gasteiger partial charge in [-0.3, -0.25) is 9.79 Å². The minimum atomic E-state index is -1.08. The summed E-state index contributed by atoms with van der Waals surface area (Å²) in [5, 5.41) is 12.9. The van der Waals surface area contributed by atoms with Crippen LogP contribution in [0, 0.1) is 0 Å². The van der Waals surface area contributed by atoms with Gasteiger partial charge in [-0.25, -0.2) is 4.79 Å². The third kappa shape index (κ3) is 3.09. The van der Waals surface area contributed by atoms with Gasteiger partial charge in [0.2, 0.25) is 5.78 Å². The lowest BCUT2D eigenvalue weighted by atomic mass is 9.94. The third-order valence-electron chi connectivity index (χ3n) is 4.47. The van der Waals surface area contributed by atoms with Crippen molar-refractivity contribution in [1.29, 1.82) is 0 Å². The fraction of sp³-hybridized carbons (Fsp3) is 0. The lowest BCUT2D eigenvalue weighted by molar-refractivity contribution is 0.0697. The molecule has 0 fully saturated rings. The van der Waals surface area contributed by atoms with E-state index in [0.29, 0.717) is 5.56 Å². The van der Waals surface area contributed by atoms with Crippen molar-refractivity contribution in [1.82, 2.24) is 0 Å². The van der Waals surface area contributed by atoms with Crippen molar-refractivity contribution in [3.8, 4) is 0 Å². The van der Waals surface area contributed by atoms with Crippen molar-refractivity contribution in [3.63, 3.8) is 0 Å². The van der Waals surface area contributed by atoms with Gasteiger partial charge in [-0.2, -0.15) is 0 Å². The van der Waals surface area contributed by atoms with Crippen molar-refractivity contribution in [2.45, 2.75) is 0 Å². The van der Waals surface area contributed by atoms with Crippen molar-refractivity contribution in [2.75, 3.05) is 0 Å². The number of carboxylic acid groups (broad SMARTS) is 1. The van der Waals surface area contributed by atoms with Crippen LogP contribution < -0.4 is 0 Å². The molecular weight excluding hydrogens is 338 g/mol. The number of carbonyl (C=O) groups excluding carboxylic acids is 1. The fourth-order valence-corrected chi connectivity index (χ4v) is 3.24. The molecule has 0 aromatic heterocycles. The Morgan fingerprint density at radius 3 is 1.96 bits per heavy atom. The van der Waals surface area contributed by atoms with Gasteiger partial charge in [-0.1, -0.05) is 60.7 Å². The Morgan fingerprint density at radius 2 is 1.33 bits per heavy atom. The zero-order valence-corrected chi connectivity index (χ0v) is 14.3. The molecule has 0 aliphatic heterocycles. The quantitative estimate of drug-likeness (QED) is 0.308. The summed E-state index contributed by atoms with van der Waals surface area (Å²) in [5.41, 5.74) is 0.882. The smallest absolute Gasteiger partial charge is 0.337 e. The van der Waals surface area contributed by atoms with E-state index in [1.54, 1.807) is 18.2 Å². The fourth-order valence-electron chi connectivity index (χ4n) is 3.24. The van der Waals surface area contributed by atoms with E-state index in [9.17, 15) is 14.7 Å². The summed E-state index contributed by atoms with van der Waals surface area (Å²) in [5.74, 6) is -1.34. The van der Waals surface area contributed by atoms with Gasteiger partial charge in [0.1, 0.15) is 0 Å². The second kappa shape index (κ2) is 6.84. The van der Waals surface area contributed by atoms with E-state index in [1.807, 2.05) is 48.5 Å². The minimum absolute atomic E-state index is 0.0596. The summed E-state index contributed by atoms with van der Waals surface area (Å²) in [7, 11) is 0. The normalized spacial score (nSPS) is 11.3. The first-order valence-electron chi connectivity index (χ1n) is 8.46. The molecule has 0 unspecified atom stereocenters. The molecule has 0 bridgehead atoms. The highest BCUT2D eigenvalue weighted by Gasteiger charge is 2.14. The zero-order chi connectivity index (χ0) is 18.8. The average Bonchev–Trinajstić information content (AvgIpc) is 2.70. The van der Waals surface area contributed by atoms with Gasteiger partial charge in [-0.15, -0.1) is 0 Å². The Labute approximate surface area is 155 Å².